The Hall–Kier alpha value is -2.23. The minimum Gasteiger partial charge on any atom is -0.454 e. The lowest BCUT2D eigenvalue weighted by molar-refractivity contribution is 0.439. The number of anilines is 2. The zero-order valence-electron chi connectivity index (χ0n) is 13.7. The lowest BCUT2D eigenvalue weighted by Crippen LogP contribution is -2.29. The summed E-state index contributed by atoms with van der Waals surface area (Å²) in [5.74, 6) is 0.527. The molecular formula is C19H23FN2O. The molecule has 1 aliphatic heterocycles. The van der Waals surface area contributed by atoms with Crippen LogP contribution in [0.5, 0.6) is 11.5 Å². The monoisotopic (exact) mass is 314 g/mol. The van der Waals surface area contributed by atoms with Gasteiger partial charge in [-0.3, -0.25) is 0 Å². The lowest BCUT2D eigenvalue weighted by Gasteiger charge is -2.29. The summed E-state index contributed by atoms with van der Waals surface area (Å²) in [6, 6.07) is 10.6. The van der Waals surface area contributed by atoms with Crippen molar-refractivity contribution in [2.24, 2.45) is 0 Å². The van der Waals surface area contributed by atoms with Crippen LogP contribution in [0, 0.1) is 12.7 Å². The summed E-state index contributed by atoms with van der Waals surface area (Å²) in [7, 11) is 0. The van der Waals surface area contributed by atoms with E-state index in [9.17, 15) is 4.39 Å². The third-order valence-corrected chi connectivity index (χ3v) is 4.60. The Labute approximate surface area is 136 Å². The number of benzene rings is 2. The minimum atomic E-state index is -0.363. The molecule has 1 atom stereocenters. The smallest absolute Gasteiger partial charge is 0.165 e. The maximum absolute atomic E-state index is 13.8. The molecule has 2 aromatic carbocycles. The molecule has 0 spiro atoms. The second-order valence-corrected chi connectivity index (χ2v) is 6.06. The van der Waals surface area contributed by atoms with Crippen LogP contribution >= 0.6 is 0 Å². The van der Waals surface area contributed by atoms with Crippen molar-refractivity contribution < 1.29 is 9.13 Å². The second kappa shape index (κ2) is 6.49. The molecule has 0 radical (unpaired) electrons. The van der Waals surface area contributed by atoms with Crippen LogP contribution in [-0.4, -0.2) is 12.6 Å². The highest BCUT2D eigenvalue weighted by atomic mass is 19.1. The number of halogens is 1. The van der Waals surface area contributed by atoms with Crippen LogP contribution in [0.2, 0.25) is 0 Å². The first-order valence-electron chi connectivity index (χ1n) is 8.20. The fourth-order valence-corrected chi connectivity index (χ4v) is 3.39. The summed E-state index contributed by atoms with van der Waals surface area (Å²) in [6.45, 7) is 5.20. The summed E-state index contributed by atoms with van der Waals surface area (Å²) in [4.78, 5) is 2.37. The van der Waals surface area contributed by atoms with Crippen molar-refractivity contribution >= 4 is 11.4 Å². The van der Waals surface area contributed by atoms with Crippen LogP contribution in [-0.2, 0) is 0 Å². The van der Waals surface area contributed by atoms with Gasteiger partial charge in [-0.15, -0.1) is 0 Å². The molecule has 23 heavy (non-hydrogen) atoms. The Balaban J connectivity index is 1.97. The molecule has 2 aromatic rings. The molecule has 0 saturated carbocycles. The first-order chi connectivity index (χ1) is 11.1. The molecule has 4 heteroatoms. The van der Waals surface area contributed by atoms with Crippen molar-refractivity contribution in [1.82, 2.24) is 0 Å². The molecule has 0 bridgehead atoms. The summed E-state index contributed by atoms with van der Waals surface area (Å²) in [6.07, 6.45) is 3.46. The van der Waals surface area contributed by atoms with Crippen molar-refractivity contribution in [2.45, 2.75) is 39.2 Å². The summed E-state index contributed by atoms with van der Waals surface area (Å²) >= 11 is 0. The van der Waals surface area contributed by atoms with E-state index in [1.54, 1.807) is 18.2 Å². The Morgan fingerprint density at radius 1 is 1.22 bits per heavy atom. The summed E-state index contributed by atoms with van der Waals surface area (Å²) < 4.78 is 19.7. The zero-order valence-corrected chi connectivity index (χ0v) is 13.7. The first-order valence-corrected chi connectivity index (χ1v) is 8.20. The van der Waals surface area contributed by atoms with Crippen molar-refractivity contribution in [3.63, 3.8) is 0 Å². The van der Waals surface area contributed by atoms with E-state index in [0.717, 1.165) is 29.9 Å². The van der Waals surface area contributed by atoms with Gasteiger partial charge in [0.05, 0.1) is 11.4 Å². The molecule has 0 unspecified atom stereocenters. The highest BCUT2D eigenvalue weighted by Gasteiger charge is 2.27. The van der Waals surface area contributed by atoms with E-state index in [1.165, 1.54) is 18.9 Å². The van der Waals surface area contributed by atoms with Crippen LogP contribution < -0.4 is 15.4 Å². The van der Waals surface area contributed by atoms with Gasteiger partial charge in [-0.25, -0.2) is 4.39 Å². The van der Waals surface area contributed by atoms with Gasteiger partial charge in [0.1, 0.15) is 5.75 Å². The highest BCUT2D eigenvalue weighted by molar-refractivity contribution is 5.75. The van der Waals surface area contributed by atoms with E-state index >= 15 is 0 Å². The molecule has 122 valence electrons. The molecule has 3 nitrogen and oxygen atoms in total. The van der Waals surface area contributed by atoms with Gasteiger partial charge in [0.2, 0.25) is 0 Å². The van der Waals surface area contributed by atoms with Gasteiger partial charge in [-0.05, 0) is 50.5 Å². The number of rotatable bonds is 4. The molecule has 1 heterocycles. The Kier molecular flexibility index (Phi) is 4.42. The third kappa shape index (κ3) is 2.98. The largest absolute Gasteiger partial charge is 0.454 e. The average molecular weight is 314 g/mol. The maximum Gasteiger partial charge on any atom is 0.165 e. The van der Waals surface area contributed by atoms with Crippen molar-refractivity contribution in [2.75, 3.05) is 17.2 Å². The van der Waals surface area contributed by atoms with Gasteiger partial charge in [0, 0.05) is 18.2 Å². The molecule has 1 fully saturated rings. The third-order valence-electron chi connectivity index (χ3n) is 4.60. The molecule has 2 N–H and O–H groups in total. The Morgan fingerprint density at radius 3 is 2.74 bits per heavy atom. The van der Waals surface area contributed by atoms with Gasteiger partial charge >= 0.3 is 0 Å². The Bertz CT molecular complexity index is 702. The summed E-state index contributed by atoms with van der Waals surface area (Å²) in [5, 5.41) is 0. The average Bonchev–Trinajstić information content (AvgIpc) is 3.00. The maximum atomic E-state index is 13.8. The van der Waals surface area contributed by atoms with Crippen molar-refractivity contribution in [3.05, 3.63) is 47.8 Å². The normalized spacial score (nSPS) is 17.5. The number of nitrogen functional groups attached to an aromatic ring is 1. The highest BCUT2D eigenvalue weighted by Crippen LogP contribution is 2.40. The number of nitrogens with zero attached hydrogens (tertiary/aromatic N) is 1. The van der Waals surface area contributed by atoms with Gasteiger partial charge in [0.15, 0.2) is 11.6 Å². The van der Waals surface area contributed by atoms with Crippen LogP contribution in [0.3, 0.4) is 0 Å². The Morgan fingerprint density at radius 2 is 2.00 bits per heavy atom. The SMILES string of the molecule is CC[C@H]1CCCN1c1c(N)ccc(Oc2ccccc2F)c1C. The zero-order chi connectivity index (χ0) is 16.4. The van der Waals surface area contributed by atoms with Crippen molar-refractivity contribution in [1.29, 1.82) is 0 Å². The molecular weight excluding hydrogens is 291 g/mol. The standard InChI is InChI=1S/C19H23FN2O/c1-3-14-7-6-12-22(14)19-13(2)17(11-10-16(19)21)23-18-9-5-4-8-15(18)20/h4-5,8-11,14H,3,6-7,12,21H2,1-2H3/t14-/m0/s1. The van der Waals surface area contributed by atoms with E-state index in [1.807, 2.05) is 19.1 Å². The molecule has 1 aliphatic rings. The summed E-state index contributed by atoms with van der Waals surface area (Å²) in [5.41, 5.74) is 8.99. The van der Waals surface area contributed by atoms with E-state index in [4.69, 9.17) is 10.5 Å². The van der Waals surface area contributed by atoms with Crippen LogP contribution in [0.15, 0.2) is 36.4 Å². The minimum absolute atomic E-state index is 0.236. The van der Waals surface area contributed by atoms with Gasteiger partial charge in [-0.1, -0.05) is 19.1 Å². The molecule has 1 saturated heterocycles. The number of ether oxygens (including phenoxy) is 1. The molecule has 3 rings (SSSR count). The van der Waals surface area contributed by atoms with Gasteiger partial charge in [-0.2, -0.15) is 0 Å². The lowest BCUT2D eigenvalue weighted by atomic mass is 10.1. The number of hydrogen-bond acceptors (Lipinski definition) is 3. The van der Waals surface area contributed by atoms with Crippen molar-refractivity contribution in [3.8, 4) is 11.5 Å². The fraction of sp³-hybridized carbons (Fsp3) is 0.368. The predicted octanol–water partition coefficient (Wildman–Crippen LogP) is 4.89. The van der Waals surface area contributed by atoms with Crippen LogP contribution in [0.25, 0.3) is 0 Å². The van der Waals surface area contributed by atoms with E-state index in [0.29, 0.717) is 11.8 Å². The molecule has 0 aliphatic carbocycles. The van der Waals surface area contributed by atoms with Gasteiger partial charge in [0.25, 0.3) is 0 Å². The predicted molar refractivity (Wildman–Crippen MR) is 92.7 cm³/mol. The van der Waals surface area contributed by atoms with Gasteiger partial charge < -0.3 is 15.4 Å². The van der Waals surface area contributed by atoms with E-state index < -0.39 is 0 Å². The van der Waals surface area contributed by atoms with E-state index in [2.05, 4.69) is 11.8 Å². The second-order valence-electron chi connectivity index (χ2n) is 6.06. The number of para-hydroxylation sites is 1. The number of nitrogens with two attached hydrogens (primary N) is 1. The quantitative estimate of drug-likeness (QED) is 0.817. The fourth-order valence-electron chi connectivity index (χ4n) is 3.39. The molecule has 0 amide bonds. The topological polar surface area (TPSA) is 38.5 Å². The first kappa shape index (κ1) is 15.7. The van der Waals surface area contributed by atoms with Crippen LogP contribution in [0.1, 0.15) is 31.7 Å². The number of hydrogen-bond donors (Lipinski definition) is 1. The van der Waals surface area contributed by atoms with Crippen LogP contribution in [0.4, 0.5) is 15.8 Å². The van der Waals surface area contributed by atoms with E-state index in [-0.39, 0.29) is 11.6 Å². The molecule has 0 aromatic heterocycles.